The fourth-order valence-electron chi connectivity index (χ4n) is 2.61. The zero-order valence-electron chi connectivity index (χ0n) is 16.5. The summed E-state index contributed by atoms with van der Waals surface area (Å²) in [5.41, 5.74) is 3.55. The molecule has 0 aliphatic carbocycles. The topological polar surface area (TPSA) is 54.9 Å². The first-order valence-electron chi connectivity index (χ1n) is 9.03. The number of hydrogen-bond acceptors (Lipinski definition) is 3. The van der Waals surface area contributed by atoms with Crippen molar-refractivity contribution in [3.05, 3.63) is 59.2 Å². The van der Waals surface area contributed by atoms with Crippen LogP contribution in [0.1, 0.15) is 30.5 Å². The lowest BCUT2D eigenvalue weighted by Crippen LogP contribution is -2.36. The lowest BCUT2D eigenvalue weighted by molar-refractivity contribution is 0.310. The Bertz CT molecular complexity index is 735. The van der Waals surface area contributed by atoms with E-state index in [4.69, 9.17) is 9.47 Å². The predicted molar refractivity (Wildman–Crippen MR) is 122 cm³/mol. The number of halogens is 1. The smallest absolute Gasteiger partial charge is 0.191 e. The van der Waals surface area contributed by atoms with Crippen LogP contribution in [-0.2, 0) is 13.1 Å². The normalized spacial score (nSPS) is 10.7. The highest BCUT2D eigenvalue weighted by atomic mass is 127. The minimum Gasteiger partial charge on any atom is -0.493 e. The van der Waals surface area contributed by atoms with Crippen molar-refractivity contribution in [2.24, 2.45) is 4.99 Å². The van der Waals surface area contributed by atoms with Gasteiger partial charge in [-0.3, -0.25) is 0 Å². The van der Waals surface area contributed by atoms with Gasteiger partial charge in [0.05, 0.1) is 20.3 Å². The maximum atomic E-state index is 5.56. The van der Waals surface area contributed by atoms with Gasteiger partial charge in [-0.2, -0.15) is 0 Å². The molecule has 0 saturated heterocycles. The number of benzene rings is 2. The Balaban J connectivity index is 0.00000364. The molecule has 0 radical (unpaired) electrons. The first kappa shape index (κ1) is 23.1. The zero-order valence-corrected chi connectivity index (χ0v) is 18.9. The van der Waals surface area contributed by atoms with Gasteiger partial charge in [-0.1, -0.05) is 35.9 Å². The minimum absolute atomic E-state index is 0. The summed E-state index contributed by atoms with van der Waals surface area (Å²) in [7, 11) is 1.66. The molecule has 0 amide bonds. The Morgan fingerprint density at radius 2 is 1.81 bits per heavy atom. The van der Waals surface area contributed by atoms with E-state index in [1.807, 2.05) is 25.1 Å². The quantitative estimate of drug-likeness (QED) is 0.335. The number of hydrogen-bond donors (Lipinski definition) is 2. The summed E-state index contributed by atoms with van der Waals surface area (Å²) >= 11 is 0. The summed E-state index contributed by atoms with van der Waals surface area (Å²) < 4.78 is 11.0. The number of ether oxygens (including phenoxy) is 2. The fraction of sp³-hybridized carbons (Fsp3) is 0.381. The third-order valence-electron chi connectivity index (χ3n) is 3.83. The summed E-state index contributed by atoms with van der Waals surface area (Å²) in [5, 5.41) is 6.65. The summed E-state index contributed by atoms with van der Waals surface area (Å²) in [4.78, 5) is 4.67. The van der Waals surface area contributed by atoms with E-state index in [0.717, 1.165) is 29.6 Å². The lowest BCUT2D eigenvalue weighted by Gasteiger charge is -2.14. The van der Waals surface area contributed by atoms with E-state index in [-0.39, 0.29) is 24.0 Å². The van der Waals surface area contributed by atoms with Gasteiger partial charge in [-0.05, 0) is 44.0 Å². The monoisotopic (exact) mass is 483 g/mol. The highest BCUT2D eigenvalue weighted by molar-refractivity contribution is 14.0. The van der Waals surface area contributed by atoms with Gasteiger partial charge < -0.3 is 20.1 Å². The molecule has 2 rings (SSSR count). The van der Waals surface area contributed by atoms with Crippen LogP contribution < -0.4 is 20.1 Å². The van der Waals surface area contributed by atoms with E-state index in [0.29, 0.717) is 19.7 Å². The molecule has 0 fully saturated rings. The largest absolute Gasteiger partial charge is 0.493 e. The van der Waals surface area contributed by atoms with Crippen LogP contribution in [0.4, 0.5) is 0 Å². The molecular weight excluding hydrogens is 453 g/mol. The highest BCUT2D eigenvalue weighted by Gasteiger charge is 2.06. The lowest BCUT2D eigenvalue weighted by atomic mass is 10.1. The third-order valence-corrected chi connectivity index (χ3v) is 3.83. The SMILES string of the molecule is CCNC(=NCc1cccc(C)c1)NCc1ccc(OCC)c(OC)c1.I. The van der Waals surface area contributed by atoms with Gasteiger partial charge in [0.2, 0.25) is 0 Å². The van der Waals surface area contributed by atoms with Gasteiger partial charge in [-0.15, -0.1) is 24.0 Å². The van der Waals surface area contributed by atoms with Crippen LogP contribution in [-0.4, -0.2) is 26.2 Å². The second kappa shape index (κ2) is 12.4. The Morgan fingerprint density at radius 1 is 1.00 bits per heavy atom. The van der Waals surface area contributed by atoms with Crippen molar-refractivity contribution in [3.63, 3.8) is 0 Å². The van der Waals surface area contributed by atoms with Crippen molar-refractivity contribution in [1.82, 2.24) is 10.6 Å². The first-order valence-corrected chi connectivity index (χ1v) is 9.03. The summed E-state index contributed by atoms with van der Waals surface area (Å²) in [6, 6.07) is 14.4. The van der Waals surface area contributed by atoms with Crippen LogP contribution >= 0.6 is 24.0 Å². The van der Waals surface area contributed by atoms with Crippen LogP contribution in [0.25, 0.3) is 0 Å². The van der Waals surface area contributed by atoms with Crippen LogP contribution in [0.3, 0.4) is 0 Å². The molecule has 0 aliphatic rings. The van der Waals surface area contributed by atoms with Crippen molar-refractivity contribution >= 4 is 29.9 Å². The molecule has 0 saturated carbocycles. The van der Waals surface area contributed by atoms with Crippen LogP contribution in [0.2, 0.25) is 0 Å². The number of methoxy groups -OCH3 is 1. The van der Waals surface area contributed by atoms with E-state index < -0.39 is 0 Å². The van der Waals surface area contributed by atoms with Gasteiger partial charge in [-0.25, -0.2) is 4.99 Å². The standard InChI is InChI=1S/C21H29N3O2.HI/c1-5-22-21(23-14-17-9-7-8-16(3)12-17)24-15-18-10-11-19(26-6-2)20(13-18)25-4;/h7-13H,5-6,14-15H2,1-4H3,(H2,22,23,24);1H. The first-order chi connectivity index (χ1) is 12.7. The average molecular weight is 483 g/mol. The Morgan fingerprint density at radius 3 is 2.48 bits per heavy atom. The Labute approximate surface area is 179 Å². The molecule has 5 nitrogen and oxygen atoms in total. The molecule has 2 aromatic rings. The number of aliphatic imine (C=N–C) groups is 1. The number of guanidine groups is 1. The molecule has 148 valence electrons. The second-order valence-electron chi connectivity index (χ2n) is 5.96. The fourth-order valence-corrected chi connectivity index (χ4v) is 2.61. The third kappa shape index (κ3) is 7.66. The maximum Gasteiger partial charge on any atom is 0.191 e. The molecule has 6 heteroatoms. The summed E-state index contributed by atoms with van der Waals surface area (Å²) in [6.07, 6.45) is 0. The van der Waals surface area contributed by atoms with Gasteiger partial charge in [0.15, 0.2) is 17.5 Å². The van der Waals surface area contributed by atoms with E-state index in [9.17, 15) is 0 Å². The van der Waals surface area contributed by atoms with Crippen molar-refractivity contribution in [2.45, 2.75) is 33.9 Å². The van der Waals surface area contributed by atoms with Crippen molar-refractivity contribution < 1.29 is 9.47 Å². The van der Waals surface area contributed by atoms with Crippen LogP contribution in [0.15, 0.2) is 47.5 Å². The maximum absolute atomic E-state index is 5.56. The van der Waals surface area contributed by atoms with Crippen molar-refractivity contribution in [1.29, 1.82) is 0 Å². The van der Waals surface area contributed by atoms with Gasteiger partial charge >= 0.3 is 0 Å². The predicted octanol–water partition coefficient (Wildman–Crippen LogP) is 4.28. The highest BCUT2D eigenvalue weighted by Crippen LogP contribution is 2.27. The van der Waals surface area contributed by atoms with E-state index >= 15 is 0 Å². The molecule has 0 unspecified atom stereocenters. The molecule has 0 atom stereocenters. The average Bonchev–Trinajstić information content (AvgIpc) is 2.65. The molecule has 0 aromatic heterocycles. The van der Waals surface area contributed by atoms with E-state index in [1.54, 1.807) is 7.11 Å². The molecule has 2 N–H and O–H groups in total. The number of rotatable bonds is 8. The zero-order chi connectivity index (χ0) is 18.8. The Kier molecular flexibility index (Phi) is 10.6. The summed E-state index contributed by atoms with van der Waals surface area (Å²) in [5.74, 6) is 2.30. The van der Waals surface area contributed by atoms with Crippen molar-refractivity contribution in [3.8, 4) is 11.5 Å². The van der Waals surface area contributed by atoms with Gasteiger partial charge in [0.25, 0.3) is 0 Å². The second-order valence-corrected chi connectivity index (χ2v) is 5.96. The van der Waals surface area contributed by atoms with Gasteiger partial charge in [0, 0.05) is 13.1 Å². The minimum atomic E-state index is 0. The Hall–Kier alpha value is -1.96. The van der Waals surface area contributed by atoms with Crippen LogP contribution in [0.5, 0.6) is 11.5 Å². The number of nitrogens with zero attached hydrogens (tertiary/aromatic N) is 1. The molecule has 0 bridgehead atoms. The molecule has 27 heavy (non-hydrogen) atoms. The van der Waals surface area contributed by atoms with Gasteiger partial charge in [0.1, 0.15) is 0 Å². The van der Waals surface area contributed by atoms with E-state index in [2.05, 4.69) is 53.7 Å². The molecule has 0 spiro atoms. The molecule has 0 aliphatic heterocycles. The van der Waals surface area contributed by atoms with Crippen molar-refractivity contribution in [2.75, 3.05) is 20.3 Å². The number of nitrogens with one attached hydrogen (secondary N) is 2. The van der Waals surface area contributed by atoms with Crippen LogP contribution in [0, 0.1) is 6.92 Å². The number of aryl methyl sites for hydroxylation is 1. The van der Waals surface area contributed by atoms with E-state index in [1.165, 1.54) is 11.1 Å². The molecular formula is C21H30IN3O2. The molecule has 0 heterocycles. The molecule has 2 aromatic carbocycles. The summed E-state index contributed by atoms with van der Waals surface area (Å²) in [6.45, 7) is 8.84.